The first-order valence-electron chi connectivity index (χ1n) is 5.73. The SMILES string of the molecule is O=C(Nc1ccc(Br)cc1Br)c1ccc2ncsc2c1. The number of carbonyl (C=O) groups is 1. The zero-order valence-corrected chi connectivity index (χ0v) is 14.0. The van der Waals surface area contributed by atoms with Crippen molar-refractivity contribution in [2.45, 2.75) is 0 Å². The van der Waals surface area contributed by atoms with Gasteiger partial charge in [-0.25, -0.2) is 4.98 Å². The molecule has 100 valence electrons. The second-order valence-electron chi connectivity index (χ2n) is 4.11. The summed E-state index contributed by atoms with van der Waals surface area (Å²) in [6, 6.07) is 11.1. The van der Waals surface area contributed by atoms with Crippen LogP contribution in [0.25, 0.3) is 10.2 Å². The maximum absolute atomic E-state index is 12.3. The first-order chi connectivity index (χ1) is 9.63. The molecule has 0 bridgehead atoms. The van der Waals surface area contributed by atoms with Crippen LogP contribution in [0.15, 0.2) is 50.9 Å². The molecule has 0 aliphatic heterocycles. The summed E-state index contributed by atoms with van der Waals surface area (Å²) in [5.74, 6) is -0.136. The molecule has 3 nitrogen and oxygen atoms in total. The molecule has 0 aliphatic rings. The Labute approximate surface area is 136 Å². The van der Waals surface area contributed by atoms with Crippen molar-refractivity contribution in [2.75, 3.05) is 5.32 Å². The van der Waals surface area contributed by atoms with Gasteiger partial charge in [0.05, 0.1) is 21.4 Å². The minimum atomic E-state index is -0.136. The molecule has 3 rings (SSSR count). The fraction of sp³-hybridized carbons (Fsp3) is 0. The number of aromatic nitrogens is 1. The van der Waals surface area contributed by atoms with Crippen molar-refractivity contribution in [1.82, 2.24) is 4.98 Å². The van der Waals surface area contributed by atoms with Crippen molar-refractivity contribution >= 4 is 65.0 Å². The van der Waals surface area contributed by atoms with Gasteiger partial charge >= 0.3 is 0 Å². The van der Waals surface area contributed by atoms with Gasteiger partial charge in [0.2, 0.25) is 0 Å². The topological polar surface area (TPSA) is 42.0 Å². The number of nitrogens with one attached hydrogen (secondary N) is 1. The standard InChI is InChI=1S/C14H8Br2N2OS/c15-9-2-4-11(10(16)6-9)18-14(19)8-1-3-12-13(5-8)20-7-17-12/h1-7H,(H,18,19). The Morgan fingerprint density at radius 1 is 1.15 bits per heavy atom. The monoisotopic (exact) mass is 410 g/mol. The molecule has 0 atom stereocenters. The number of thiazole rings is 1. The van der Waals surface area contributed by atoms with E-state index in [4.69, 9.17) is 0 Å². The highest BCUT2D eigenvalue weighted by molar-refractivity contribution is 9.11. The maximum atomic E-state index is 12.3. The number of hydrogen-bond donors (Lipinski definition) is 1. The highest BCUT2D eigenvalue weighted by Crippen LogP contribution is 2.27. The molecule has 0 aliphatic carbocycles. The fourth-order valence-corrected chi connectivity index (χ4v) is 3.64. The average molecular weight is 412 g/mol. The van der Waals surface area contributed by atoms with E-state index >= 15 is 0 Å². The summed E-state index contributed by atoms with van der Waals surface area (Å²) >= 11 is 8.33. The van der Waals surface area contributed by atoms with E-state index in [1.807, 2.05) is 30.3 Å². The molecular formula is C14H8Br2N2OS. The molecule has 6 heteroatoms. The summed E-state index contributed by atoms with van der Waals surface area (Å²) < 4.78 is 2.79. The molecule has 0 unspecified atom stereocenters. The molecule has 0 saturated carbocycles. The molecule has 0 radical (unpaired) electrons. The maximum Gasteiger partial charge on any atom is 0.255 e. The molecule has 1 aromatic heterocycles. The number of hydrogen-bond acceptors (Lipinski definition) is 3. The predicted molar refractivity (Wildman–Crippen MR) is 89.4 cm³/mol. The number of halogens is 2. The number of benzene rings is 2. The van der Waals surface area contributed by atoms with Crippen LogP contribution in [-0.4, -0.2) is 10.9 Å². The highest BCUT2D eigenvalue weighted by atomic mass is 79.9. The number of anilines is 1. The third-order valence-electron chi connectivity index (χ3n) is 2.77. The van der Waals surface area contributed by atoms with Crippen LogP contribution in [0.1, 0.15) is 10.4 Å². The molecule has 1 amide bonds. The molecule has 20 heavy (non-hydrogen) atoms. The lowest BCUT2D eigenvalue weighted by Gasteiger charge is -2.07. The highest BCUT2D eigenvalue weighted by Gasteiger charge is 2.10. The zero-order chi connectivity index (χ0) is 14.1. The number of carbonyl (C=O) groups excluding carboxylic acids is 1. The molecule has 0 spiro atoms. The Bertz CT molecular complexity index is 801. The van der Waals surface area contributed by atoms with E-state index in [1.54, 1.807) is 11.6 Å². The summed E-state index contributed by atoms with van der Waals surface area (Å²) in [7, 11) is 0. The lowest BCUT2D eigenvalue weighted by Crippen LogP contribution is -2.12. The van der Waals surface area contributed by atoms with Gasteiger partial charge < -0.3 is 5.32 Å². The third-order valence-corrected chi connectivity index (χ3v) is 4.71. The second kappa shape index (κ2) is 5.63. The van der Waals surface area contributed by atoms with Crippen LogP contribution < -0.4 is 5.32 Å². The van der Waals surface area contributed by atoms with Gasteiger partial charge in [-0.05, 0) is 52.3 Å². The summed E-state index contributed by atoms with van der Waals surface area (Å²) in [4.78, 5) is 16.5. The van der Waals surface area contributed by atoms with Gasteiger partial charge in [0.25, 0.3) is 5.91 Å². The summed E-state index contributed by atoms with van der Waals surface area (Å²) in [6.45, 7) is 0. The first-order valence-corrected chi connectivity index (χ1v) is 8.20. The minimum Gasteiger partial charge on any atom is -0.321 e. The number of fused-ring (bicyclic) bond motifs is 1. The summed E-state index contributed by atoms with van der Waals surface area (Å²) in [5.41, 5.74) is 4.05. The first kappa shape index (κ1) is 13.7. The van der Waals surface area contributed by atoms with Crippen molar-refractivity contribution in [1.29, 1.82) is 0 Å². The van der Waals surface area contributed by atoms with Crippen LogP contribution in [0.2, 0.25) is 0 Å². The van der Waals surface area contributed by atoms with Gasteiger partial charge in [-0.15, -0.1) is 11.3 Å². The summed E-state index contributed by atoms with van der Waals surface area (Å²) in [6.07, 6.45) is 0. The Kier molecular flexibility index (Phi) is 3.87. The van der Waals surface area contributed by atoms with Crippen LogP contribution in [0.5, 0.6) is 0 Å². The quantitative estimate of drug-likeness (QED) is 0.639. The molecule has 0 fully saturated rings. The van der Waals surface area contributed by atoms with Gasteiger partial charge in [-0.3, -0.25) is 4.79 Å². The molecule has 2 aromatic carbocycles. The number of amides is 1. The van der Waals surface area contributed by atoms with Crippen LogP contribution in [-0.2, 0) is 0 Å². The molecule has 1 heterocycles. The zero-order valence-electron chi connectivity index (χ0n) is 10.1. The Morgan fingerprint density at radius 2 is 2.00 bits per heavy atom. The van der Waals surface area contributed by atoms with E-state index in [9.17, 15) is 4.79 Å². The van der Waals surface area contributed by atoms with Gasteiger partial charge in [-0.1, -0.05) is 15.9 Å². The number of rotatable bonds is 2. The van der Waals surface area contributed by atoms with E-state index in [0.29, 0.717) is 5.56 Å². The second-order valence-corrected chi connectivity index (χ2v) is 6.77. The van der Waals surface area contributed by atoms with Gasteiger partial charge in [-0.2, -0.15) is 0 Å². The molecule has 0 saturated heterocycles. The smallest absolute Gasteiger partial charge is 0.255 e. The van der Waals surface area contributed by atoms with Crippen LogP contribution in [0.3, 0.4) is 0 Å². The van der Waals surface area contributed by atoms with Gasteiger partial charge in [0.15, 0.2) is 0 Å². The lowest BCUT2D eigenvalue weighted by atomic mass is 10.2. The molecule has 1 N–H and O–H groups in total. The van der Waals surface area contributed by atoms with Crippen molar-refractivity contribution in [3.05, 3.63) is 56.4 Å². The Morgan fingerprint density at radius 3 is 2.80 bits per heavy atom. The van der Waals surface area contributed by atoms with Crippen molar-refractivity contribution in [3.8, 4) is 0 Å². The largest absolute Gasteiger partial charge is 0.321 e. The van der Waals surface area contributed by atoms with Crippen LogP contribution in [0.4, 0.5) is 5.69 Å². The lowest BCUT2D eigenvalue weighted by molar-refractivity contribution is 0.102. The van der Waals surface area contributed by atoms with E-state index in [1.165, 1.54) is 11.3 Å². The van der Waals surface area contributed by atoms with E-state index in [-0.39, 0.29) is 5.91 Å². The Hall–Kier alpha value is -1.24. The fourth-order valence-electron chi connectivity index (χ4n) is 1.78. The van der Waals surface area contributed by atoms with Crippen molar-refractivity contribution in [2.24, 2.45) is 0 Å². The average Bonchev–Trinajstić information content (AvgIpc) is 2.89. The van der Waals surface area contributed by atoms with Gasteiger partial charge in [0, 0.05) is 14.5 Å². The normalized spacial score (nSPS) is 10.7. The van der Waals surface area contributed by atoms with Crippen LogP contribution in [0, 0.1) is 0 Å². The third kappa shape index (κ3) is 2.77. The van der Waals surface area contributed by atoms with E-state index in [2.05, 4.69) is 42.2 Å². The van der Waals surface area contributed by atoms with E-state index in [0.717, 1.165) is 24.8 Å². The molecular weight excluding hydrogens is 404 g/mol. The Balaban J connectivity index is 1.88. The molecule has 3 aromatic rings. The van der Waals surface area contributed by atoms with Gasteiger partial charge in [0.1, 0.15) is 0 Å². The number of nitrogens with zero attached hydrogens (tertiary/aromatic N) is 1. The van der Waals surface area contributed by atoms with Crippen LogP contribution >= 0.6 is 43.2 Å². The van der Waals surface area contributed by atoms with E-state index < -0.39 is 0 Å². The van der Waals surface area contributed by atoms with Crippen molar-refractivity contribution < 1.29 is 4.79 Å². The summed E-state index contributed by atoms with van der Waals surface area (Å²) in [5, 5.41) is 2.89. The minimum absolute atomic E-state index is 0.136. The van der Waals surface area contributed by atoms with Crippen molar-refractivity contribution in [3.63, 3.8) is 0 Å². The predicted octanol–water partition coefficient (Wildman–Crippen LogP) is 5.07.